The molecular weight excluding hydrogens is 521 g/mol. The average molecular weight is 553 g/mol. The van der Waals surface area contributed by atoms with Gasteiger partial charge in [-0.25, -0.2) is 9.97 Å². The minimum Gasteiger partial charge on any atom is -0.369 e. The number of anilines is 1. The number of aromatic nitrogens is 2. The molecule has 3 aromatic rings. The predicted molar refractivity (Wildman–Crippen MR) is 143 cm³/mol. The van der Waals surface area contributed by atoms with Crippen molar-refractivity contribution >= 4 is 17.8 Å². The van der Waals surface area contributed by atoms with Crippen molar-refractivity contribution in [2.75, 3.05) is 31.5 Å². The summed E-state index contributed by atoms with van der Waals surface area (Å²) in [6.07, 6.45) is 1.12. The van der Waals surface area contributed by atoms with E-state index in [1.54, 1.807) is 6.07 Å². The first-order valence-electron chi connectivity index (χ1n) is 13.3. The Balaban J connectivity index is 0.00000118. The third kappa shape index (κ3) is 7.20. The summed E-state index contributed by atoms with van der Waals surface area (Å²) >= 11 is 0. The fourth-order valence-corrected chi connectivity index (χ4v) is 5.33. The quantitative estimate of drug-likeness (QED) is 0.231. The van der Waals surface area contributed by atoms with Gasteiger partial charge in [-0.1, -0.05) is 48.4 Å². The number of nitrogens with one attached hydrogen (secondary N) is 1. The minimum absolute atomic E-state index is 0.240. The fraction of sp³-hybridized carbons (Fsp3) is 0.400. The molecule has 2 aliphatic rings. The van der Waals surface area contributed by atoms with Crippen LogP contribution in [-0.4, -0.2) is 59.2 Å². The second kappa shape index (κ2) is 13.0. The van der Waals surface area contributed by atoms with Crippen molar-refractivity contribution in [2.24, 2.45) is 0 Å². The van der Waals surface area contributed by atoms with E-state index in [0.717, 1.165) is 55.2 Å². The summed E-state index contributed by atoms with van der Waals surface area (Å²) in [7, 11) is 0. The molecule has 40 heavy (non-hydrogen) atoms. The van der Waals surface area contributed by atoms with E-state index >= 15 is 0 Å². The van der Waals surface area contributed by atoms with E-state index < -0.39 is 12.0 Å². The summed E-state index contributed by atoms with van der Waals surface area (Å²) in [6, 6.07) is 12.0. The lowest BCUT2D eigenvalue weighted by Gasteiger charge is -2.26. The molecule has 1 aliphatic carbocycles. The first-order valence-corrected chi connectivity index (χ1v) is 13.3. The van der Waals surface area contributed by atoms with E-state index in [1.807, 2.05) is 0 Å². The molecule has 2 heterocycles. The number of carbonyl (C=O) groups is 1. The maximum absolute atomic E-state index is 12.9. The van der Waals surface area contributed by atoms with Gasteiger partial charge in [-0.2, -0.15) is 22.8 Å². The van der Waals surface area contributed by atoms with Crippen molar-refractivity contribution in [3.8, 4) is 11.1 Å². The summed E-state index contributed by atoms with van der Waals surface area (Å²) in [5, 5.41) is 3.54. The van der Waals surface area contributed by atoms with Gasteiger partial charge < -0.3 is 10.2 Å². The number of hydrogen-bond donors (Lipinski definition) is 1. The lowest BCUT2D eigenvalue weighted by Crippen LogP contribution is -2.31. The zero-order valence-corrected chi connectivity index (χ0v) is 22.3. The number of piperidine rings is 1. The van der Waals surface area contributed by atoms with E-state index in [4.69, 9.17) is 19.6 Å². The second-order valence-corrected chi connectivity index (χ2v) is 10.1. The molecule has 1 aromatic heterocycles. The molecule has 5 rings (SSSR count). The van der Waals surface area contributed by atoms with Crippen LogP contribution >= 0.6 is 0 Å². The van der Waals surface area contributed by atoms with Crippen molar-refractivity contribution < 1.29 is 27.6 Å². The molecule has 1 fully saturated rings. The number of halogens is 3. The zero-order valence-electron chi connectivity index (χ0n) is 22.3. The number of nitrogens with zero attached hydrogens (tertiary/aromatic N) is 3. The second-order valence-electron chi connectivity index (χ2n) is 10.1. The minimum atomic E-state index is -4.90. The largest absolute Gasteiger partial charge is 0.454 e. The Morgan fingerprint density at radius 2 is 1.80 bits per heavy atom. The van der Waals surface area contributed by atoms with Gasteiger partial charge in [0.05, 0.1) is 5.69 Å². The van der Waals surface area contributed by atoms with E-state index in [0.29, 0.717) is 17.8 Å². The van der Waals surface area contributed by atoms with Crippen molar-refractivity contribution in [2.45, 2.75) is 51.6 Å². The lowest BCUT2D eigenvalue weighted by molar-refractivity contribution is -0.191. The first-order chi connectivity index (χ1) is 19.2. The summed E-state index contributed by atoms with van der Waals surface area (Å²) in [5.41, 5.74) is 5.65. The Kier molecular flexibility index (Phi) is 9.45. The van der Waals surface area contributed by atoms with Gasteiger partial charge >= 0.3 is 12.3 Å². The van der Waals surface area contributed by atoms with Crippen molar-refractivity contribution in [1.82, 2.24) is 14.9 Å². The number of carbonyl (C=O) groups excluding carboxylic acids is 3. The summed E-state index contributed by atoms with van der Waals surface area (Å²) in [4.78, 5) is 40.1. The van der Waals surface area contributed by atoms with E-state index in [1.165, 1.54) is 48.6 Å². The van der Waals surface area contributed by atoms with Gasteiger partial charge in [0, 0.05) is 30.5 Å². The van der Waals surface area contributed by atoms with Gasteiger partial charge in [0.15, 0.2) is 0 Å². The molecule has 2 aromatic carbocycles. The van der Waals surface area contributed by atoms with Crippen LogP contribution in [0.5, 0.6) is 0 Å². The van der Waals surface area contributed by atoms with Crippen LogP contribution in [0.4, 0.5) is 19.0 Å². The van der Waals surface area contributed by atoms with Gasteiger partial charge in [0.25, 0.3) is 5.78 Å². The predicted octanol–water partition coefficient (Wildman–Crippen LogP) is 5.40. The molecule has 0 bridgehead atoms. The van der Waals surface area contributed by atoms with Crippen molar-refractivity contribution in [3.05, 3.63) is 76.2 Å². The average Bonchev–Trinajstić information content (AvgIpc) is 3.28. The molecule has 1 aliphatic heterocycles. The topological polar surface area (TPSA) is 92.3 Å². The molecule has 210 valence electrons. The smallest absolute Gasteiger partial charge is 0.369 e. The Morgan fingerprint density at radius 3 is 2.52 bits per heavy atom. The number of Topliss-reactive ketones (excluding diaryl/α,β-unsaturated/α-hetero) is 1. The number of benzene rings is 2. The van der Waals surface area contributed by atoms with Crippen LogP contribution in [0.2, 0.25) is 0 Å². The summed E-state index contributed by atoms with van der Waals surface area (Å²) < 4.78 is 38.8. The van der Waals surface area contributed by atoms with Gasteiger partial charge in [-0.15, -0.1) is 0 Å². The first kappa shape index (κ1) is 29.1. The highest BCUT2D eigenvalue weighted by atomic mass is 19.4. The van der Waals surface area contributed by atoms with E-state index in [2.05, 4.69) is 35.3 Å². The highest BCUT2D eigenvalue weighted by Gasteiger charge is 2.39. The van der Waals surface area contributed by atoms with Crippen LogP contribution in [0.3, 0.4) is 0 Å². The fourth-order valence-electron chi connectivity index (χ4n) is 5.33. The van der Waals surface area contributed by atoms with Crippen LogP contribution in [0.1, 0.15) is 64.2 Å². The van der Waals surface area contributed by atoms with Crippen LogP contribution in [-0.2, 0) is 22.4 Å². The molecule has 0 spiro atoms. The molecule has 1 N–H and O–H groups in total. The number of rotatable bonds is 8. The Labute approximate surface area is 230 Å². The van der Waals surface area contributed by atoms with Crippen LogP contribution < -0.4 is 5.32 Å². The molecule has 0 atom stereocenters. The van der Waals surface area contributed by atoms with Crippen molar-refractivity contribution in [3.63, 3.8) is 0 Å². The monoisotopic (exact) mass is 552 g/mol. The standard InChI is InChI=1S/C29H31F3N4O.CO2/c1-19-9-10-23-22(15-19)18-24-26(23)28(33-11-6-14-36-12-3-2-4-13-36)35-25(34-24)17-20-7-5-8-21(16-20)27(37)29(30,31)32;2-1-3/h5,7-10,15-16H,2-4,6,11-14,17-18H2,1H3,(H,33,34,35);. The van der Waals surface area contributed by atoms with Crippen LogP contribution in [0.15, 0.2) is 42.5 Å². The van der Waals surface area contributed by atoms with Gasteiger partial charge in [-0.3, -0.25) is 4.79 Å². The number of fused-ring (bicyclic) bond motifs is 3. The molecule has 1 saturated heterocycles. The highest BCUT2D eigenvalue weighted by molar-refractivity contribution is 6.00. The maximum Gasteiger partial charge on any atom is 0.454 e. The molecular formula is C30H31F3N4O3. The van der Waals surface area contributed by atoms with Crippen LogP contribution in [0, 0.1) is 6.92 Å². The maximum atomic E-state index is 12.9. The normalized spacial score (nSPS) is 14.4. The molecule has 7 nitrogen and oxygen atoms in total. The number of alkyl halides is 3. The van der Waals surface area contributed by atoms with Gasteiger partial charge in [0.2, 0.25) is 0 Å². The number of hydrogen-bond acceptors (Lipinski definition) is 7. The molecule has 0 saturated carbocycles. The molecule has 0 amide bonds. The third-order valence-corrected chi connectivity index (χ3v) is 7.12. The molecule has 10 heteroatoms. The highest BCUT2D eigenvalue weighted by Crippen LogP contribution is 2.40. The summed E-state index contributed by atoms with van der Waals surface area (Å²) in [5.74, 6) is -0.548. The van der Waals surface area contributed by atoms with Crippen LogP contribution in [0.25, 0.3) is 11.1 Å². The Morgan fingerprint density at radius 1 is 1.05 bits per heavy atom. The molecule has 0 unspecified atom stereocenters. The lowest BCUT2D eigenvalue weighted by atomic mass is 10.0. The Bertz CT molecular complexity index is 1400. The number of aryl methyl sites for hydroxylation is 1. The van der Waals surface area contributed by atoms with Gasteiger partial charge in [-0.05, 0) is 68.6 Å². The SMILES string of the molecule is Cc1ccc2c(c1)Cc1nc(Cc3cccc(C(=O)C(F)(F)F)c3)nc(NCCCN3CCCCC3)c1-2.O=C=O. The van der Waals surface area contributed by atoms with Crippen molar-refractivity contribution in [1.29, 1.82) is 0 Å². The third-order valence-electron chi connectivity index (χ3n) is 7.12. The Hall–Kier alpha value is -3.88. The number of likely N-dealkylation sites (tertiary alicyclic amines) is 1. The molecule has 0 radical (unpaired) electrons. The number of ketones is 1. The zero-order chi connectivity index (χ0) is 28.7. The van der Waals surface area contributed by atoms with E-state index in [-0.39, 0.29) is 18.1 Å². The van der Waals surface area contributed by atoms with E-state index in [9.17, 15) is 18.0 Å². The summed E-state index contributed by atoms with van der Waals surface area (Å²) in [6.45, 7) is 6.21. The van der Waals surface area contributed by atoms with Gasteiger partial charge in [0.1, 0.15) is 11.6 Å².